The molecule has 0 saturated heterocycles. The predicted molar refractivity (Wildman–Crippen MR) is 129 cm³/mol. The van der Waals surface area contributed by atoms with Gasteiger partial charge in [0.25, 0.3) is 5.56 Å². The van der Waals surface area contributed by atoms with Crippen LogP contribution in [0.15, 0.2) is 51.8 Å². The predicted octanol–water partition coefficient (Wildman–Crippen LogP) is 4.38. The first-order valence-corrected chi connectivity index (χ1v) is 11.7. The molecule has 0 atom stereocenters. The molecule has 1 aliphatic rings. The molecular weight excluding hydrogens is 454 g/mol. The van der Waals surface area contributed by atoms with E-state index in [-0.39, 0.29) is 30.5 Å². The number of aryl methyl sites for hydroxylation is 1. The lowest BCUT2D eigenvalue weighted by Gasteiger charge is -2.17. The topological polar surface area (TPSA) is 103 Å². The molecular formula is C25H24ClN5O3. The lowest BCUT2D eigenvalue weighted by atomic mass is 10.1. The summed E-state index contributed by atoms with van der Waals surface area (Å²) < 4.78 is 7.22. The third-order valence-electron chi connectivity index (χ3n) is 6.18. The lowest BCUT2D eigenvalue weighted by molar-refractivity contribution is -0.120. The second-order valence-corrected chi connectivity index (χ2v) is 9.04. The molecule has 2 heterocycles. The Hall–Kier alpha value is -3.52. The summed E-state index contributed by atoms with van der Waals surface area (Å²) in [6, 6.07) is 13.0. The van der Waals surface area contributed by atoms with Crippen molar-refractivity contribution in [3.05, 3.63) is 75.0 Å². The van der Waals surface area contributed by atoms with E-state index in [0.29, 0.717) is 22.4 Å². The van der Waals surface area contributed by atoms with Gasteiger partial charge in [-0.25, -0.2) is 4.98 Å². The number of nitrogens with zero attached hydrogens (tertiary/aromatic N) is 4. The molecule has 1 fully saturated rings. The summed E-state index contributed by atoms with van der Waals surface area (Å²) in [5.74, 6) is 0.555. The number of amides is 1. The van der Waals surface area contributed by atoms with Crippen molar-refractivity contribution in [1.29, 1.82) is 0 Å². The summed E-state index contributed by atoms with van der Waals surface area (Å²) in [6.07, 6.45) is 4.53. The first-order valence-electron chi connectivity index (χ1n) is 11.3. The van der Waals surface area contributed by atoms with E-state index in [1.54, 1.807) is 19.1 Å². The van der Waals surface area contributed by atoms with E-state index in [2.05, 4.69) is 20.4 Å². The molecule has 0 bridgehead atoms. The van der Waals surface area contributed by atoms with Crippen LogP contribution >= 0.6 is 11.6 Å². The third kappa shape index (κ3) is 4.59. The highest BCUT2D eigenvalue weighted by Gasteiger charge is 2.22. The summed E-state index contributed by atoms with van der Waals surface area (Å²) in [7, 11) is 0. The number of hydrogen-bond acceptors (Lipinski definition) is 6. The molecule has 0 aliphatic heterocycles. The number of hydrogen-bond donors (Lipinski definition) is 1. The zero-order valence-corrected chi connectivity index (χ0v) is 19.5. The van der Waals surface area contributed by atoms with Gasteiger partial charge in [-0.15, -0.1) is 0 Å². The second kappa shape index (κ2) is 9.38. The van der Waals surface area contributed by atoms with Crippen LogP contribution in [0.25, 0.3) is 22.4 Å². The minimum atomic E-state index is -0.155. The number of nitrogens with one attached hydrogen (secondary N) is 1. The van der Waals surface area contributed by atoms with Crippen LogP contribution in [-0.4, -0.2) is 25.6 Å². The molecule has 5 rings (SSSR count). The molecule has 0 radical (unpaired) electrons. The largest absolute Gasteiger partial charge is 0.347 e. The fourth-order valence-corrected chi connectivity index (χ4v) is 4.59. The summed E-state index contributed by atoms with van der Waals surface area (Å²) in [5, 5.41) is 7.47. The van der Waals surface area contributed by atoms with Crippen molar-refractivity contribution in [2.45, 2.75) is 51.6 Å². The van der Waals surface area contributed by atoms with Gasteiger partial charge in [0.2, 0.25) is 17.6 Å². The highest BCUT2D eigenvalue weighted by atomic mass is 35.5. The number of carbonyl (C=O) groups is 1. The van der Waals surface area contributed by atoms with Gasteiger partial charge in [0.15, 0.2) is 0 Å². The number of rotatable bonds is 6. The maximum atomic E-state index is 12.8. The van der Waals surface area contributed by atoms with Crippen molar-refractivity contribution >= 4 is 28.5 Å². The van der Waals surface area contributed by atoms with Gasteiger partial charge in [0, 0.05) is 16.6 Å². The Morgan fingerprint density at radius 3 is 2.68 bits per heavy atom. The summed E-state index contributed by atoms with van der Waals surface area (Å²) in [5.41, 5.74) is 3.60. The number of benzene rings is 2. The van der Waals surface area contributed by atoms with Gasteiger partial charge in [0.1, 0.15) is 5.69 Å². The third-order valence-corrected chi connectivity index (χ3v) is 6.43. The average Bonchev–Trinajstić information content (AvgIpc) is 3.52. The normalized spacial score (nSPS) is 14.1. The Balaban J connectivity index is 1.32. The van der Waals surface area contributed by atoms with Gasteiger partial charge in [-0.1, -0.05) is 41.7 Å². The van der Waals surface area contributed by atoms with Crippen molar-refractivity contribution in [3.63, 3.8) is 0 Å². The van der Waals surface area contributed by atoms with Crippen LogP contribution < -0.4 is 10.9 Å². The molecule has 8 nitrogen and oxygen atoms in total. The van der Waals surface area contributed by atoms with Crippen molar-refractivity contribution < 1.29 is 9.32 Å². The minimum Gasteiger partial charge on any atom is -0.347 e. The van der Waals surface area contributed by atoms with Gasteiger partial charge < -0.3 is 14.4 Å². The zero-order valence-electron chi connectivity index (χ0n) is 18.8. The molecule has 1 saturated carbocycles. The molecule has 0 unspecified atom stereocenters. The number of aromatic nitrogens is 4. The molecule has 2 aromatic carbocycles. The smallest absolute Gasteiger partial charge is 0.272 e. The van der Waals surface area contributed by atoms with Crippen LogP contribution in [0, 0.1) is 6.92 Å². The maximum absolute atomic E-state index is 12.8. The minimum absolute atomic E-state index is 0.0247. The Morgan fingerprint density at radius 1 is 1.15 bits per heavy atom. The Kier molecular flexibility index (Phi) is 6.15. The highest BCUT2D eigenvalue weighted by Crippen LogP contribution is 2.31. The average molecular weight is 478 g/mol. The number of halogens is 1. The Bertz CT molecular complexity index is 1400. The van der Waals surface area contributed by atoms with Crippen molar-refractivity contribution in [2.75, 3.05) is 0 Å². The molecule has 2 aromatic heterocycles. The van der Waals surface area contributed by atoms with Gasteiger partial charge in [-0.05, 0) is 55.7 Å². The first-order chi connectivity index (χ1) is 16.5. The molecule has 0 spiro atoms. The zero-order chi connectivity index (χ0) is 23.7. The maximum Gasteiger partial charge on any atom is 0.272 e. The molecule has 1 N–H and O–H groups in total. The molecule has 4 aromatic rings. The summed E-state index contributed by atoms with van der Waals surface area (Å²) in [6.45, 7) is 1.88. The lowest BCUT2D eigenvalue weighted by Crippen LogP contribution is -2.26. The van der Waals surface area contributed by atoms with E-state index in [1.165, 1.54) is 0 Å². The van der Waals surface area contributed by atoms with E-state index in [1.807, 2.05) is 34.9 Å². The van der Waals surface area contributed by atoms with Crippen LogP contribution in [0.3, 0.4) is 0 Å². The Labute approximate surface area is 201 Å². The van der Waals surface area contributed by atoms with E-state index in [9.17, 15) is 9.59 Å². The molecule has 34 heavy (non-hydrogen) atoms. The van der Waals surface area contributed by atoms with Crippen LogP contribution in [0.2, 0.25) is 5.02 Å². The second-order valence-electron chi connectivity index (χ2n) is 8.61. The van der Waals surface area contributed by atoms with E-state index in [4.69, 9.17) is 16.1 Å². The quantitative estimate of drug-likeness (QED) is 0.442. The molecule has 9 heteroatoms. The van der Waals surface area contributed by atoms with E-state index >= 15 is 0 Å². The van der Waals surface area contributed by atoms with E-state index < -0.39 is 0 Å². The van der Waals surface area contributed by atoms with Gasteiger partial charge in [-0.2, -0.15) is 4.98 Å². The van der Waals surface area contributed by atoms with Crippen molar-refractivity contribution in [1.82, 2.24) is 25.0 Å². The van der Waals surface area contributed by atoms with Gasteiger partial charge in [0.05, 0.1) is 24.0 Å². The fourth-order valence-electron chi connectivity index (χ4n) is 4.46. The van der Waals surface area contributed by atoms with Crippen LogP contribution in [0.1, 0.15) is 48.9 Å². The standard InChI is InChI=1S/C25H24ClN5O3/c1-15-25(33)31(19-4-2-3-5-19)21-11-8-17(13-20(21)28-15)24-29-23(34-30-24)14-27-22(32)12-16-6-9-18(26)10-7-16/h6-11,13,19H,2-5,12,14H2,1H3,(H,27,32). The SMILES string of the molecule is Cc1nc2cc(-c3noc(CNC(=O)Cc4ccc(Cl)cc4)n3)ccc2n(C2CCCC2)c1=O. The van der Waals surface area contributed by atoms with Crippen LogP contribution in [0.4, 0.5) is 0 Å². The molecule has 1 amide bonds. The summed E-state index contributed by atoms with van der Waals surface area (Å²) in [4.78, 5) is 34.0. The number of carbonyl (C=O) groups excluding carboxylic acids is 1. The highest BCUT2D eigenvalue weighted by molar-refractivity contribution is 6.30. The fraction of sp³-hybridized carbons (Fsp3) is 0.320. The van der Waals surface area contributed by atoms with Gasteiger partial charge in [-0.3, -0.25) is 9.59 Å². The van der Waals surface area contributed by atoms with Gasteiger partial charge >= 0.3 is 0 Å². The van der Waals surface area contributed by atoms with Crippen molar-refractivity contribution in [2.24, 2.45) is 0 Å². The molecule has 1 aliphatic carbocycles. The van der Waals surface area contributed by atoms with Crippen LogP contribution in [0.5, 0.6) is 0 Å². The van der Waals surface area contributed by atoms with E-state index in [0.717, 1.165) is 47.8 Å². The summed E-state index contributed by atoms with van der Waals surface area (Å²) >= 11 is 5.88. The number of fused-ring (bicyclic) bond motifs is 1. The monoisotopic (exact) mass is 477 g/mol. The first kappa shape index (κ1) is 22.3. The van der Waals surface area contributed by atoms with Crippen LogP contribution in [-0.2, 0) is 17.8 Å². The molecule has 174 valence electrons. The Morgan fingerprint density at radius 2 is 1.91 bits per heavy atom. The van der Waals surface area contributed by atoms with Crippen molar-refractivity contribution in [3.8, 4) is 11.4 Å².